The zero-order chi connectivity index (χ0) is 55.9. The second kappa shape index (κ2) is 26.9. The van der Waals surface area contributed by atoms with Gasteiger partial charge in [0, 0.05) is 53.7 Å². The normalized spacial score (nSPS) is 20.9. The number of imidazole rings is 1. The highest BCUT2D eigenvalue weighted by Crippen LogP contribution is 2.47. The van der Waals surface area contributed by atoms with Crippen LogP contribution in [0.4, 0.5) is 0 Å². The number of carboxylic acids is 2. The molecule has 0 radical (unpaired) electrons. The fourth-order valence-corrected chi connectivity index (χ4v) is 11.3. The van der Waals surface area contributed by atoms with Crippen molar-refractivity contribution in [1.82, 2.24) is 46.8 Å². The third-order valence-electron chi connectivity index (χ3n) is 12.6. The summed E-state index contributed by atoms with van der Waals surface area (Å²) in [5.41, 5.74) is 18.4. The molecule has 76 heavy (non-hydrogen) atoms. The van der Waals surface area contributed by atoms with Gasteiger partial charge in [-0.15, -0.1) is 0 Å². The van der Waals surface area contributed by atoms with Gasteiger partial charge in [-0.05, 0) is 76.6 Å². The van der Waals surface area contributed by atoms with E-state index in [1.807, 2.05) is 0 Å². The Morgan fingerprint density at radius 2 is 1.50 bits per heavy atom. The van der Waals surface area contributed by atoms with Gasteiger partial charge in [0.1, 0.15) is 48.0 Å². The molecule has 16 N–H and O–H groups in total. The number of hydrogen-bond donors (Lipinski definition) is 13. The lowest BCUT2D eigenvalue weighted by Gasteiger charge is -2.38. The Kier molecular flexibility index (Phi) is 21.1. The maximum Gasteiger partial charge on any atom is 0.326 e. The minimum absolute atomic E-state index is 0.0116. The average Bonchev–Trinajstić information content (AvgIpc) is 4.08. The van der Waals surface area contributed by atoms with Crippen molar-refractivity contribution in [2.75, 3.05) is 13.1 Å². The number of aliphatic carboxylic acids is 2. The monoisotopic (exact) mass is 1090 g/mol. The molecule has 2 fully saturated rings. The molecule has 0 unspecified atom stereocenters. The third kappa shape index (κ3) is 17.1. The second-order valence-corrected chi connectivity index (χ2v) is 23.0. The Labute approximate surface area is 446 Å². The lowest BCUT2D eigenvalue weighted by molar-refractivity contribution is -0.145. The number of rotatable bonds is 22. The number of carbonyl (C=O) groups is 9. The molecule has 2 saturated heterocycles. The molecule has 0 spiro atoms. The molecule has 3 heterocycles. The summed E-state index contributed by atoms with van der Waals surface area (Å²) in [6.07, 6.45) is 2.42. The van der Waals surface area contributed by atoms with Gasteiger partial charge in [0.15, 0.2) is 5.96 Å². The molecule has 27 heteroatoms. The lowest BCUT2D eigenvalue weighted by Crippen LogP contribution is -2.64. The fraction of sp³-hybridized carbons (Fsp3) is 0.490. The number of likely N-dealkylation sites (tertiary alicyclic amines) is 1. The number of H-pyrrole nitrogens is 1. The largest absolute Gasteiger partial charge is 0.508 e. The fourth-order valence-electron chi connectivity index (χ4n) is 8.46. The molecule has 0 saturated carbocycles. The maximum absolute atomic E-state index is 15.0. The Balaban J connectivity index is 1.46. The molecule has 0 aliphatic carbocycles. The van der Waals surface area contributed by atoms with E-state index < -0.39 is 118 Å². The van der Waals surface area contributed by atoms with Crippen LogP contribution in [-0.4, -0.2) is 160 Å². The van der Waals surface area contributed by atoms with Crippen LogP contribution in [0.3, 0.4) is 0 Å². The summed E-state index contributed by atoms with van der Waals surface area (Å²) in [6.45, 7) is 6.74. The van der Waals surface area contributed by atoms with Gasteiger partial charge in [-0.1, -0.05) is 64.1 Å². The van der Waals surface area contributed by atoms with Crippen LogP contribution in [-0.2, 0) is 62.4 Å². The van der Waals surface area contributed by atoms with E-state index in [2.05, 4.69) is 46.9 Å². The SMILES string of the molecule is CC1(C)SSC(C)(C)[C@@H](C(=O)N[C@@H](Cc2cnc[nH]2)C(=O)N2CCC[C@H]2C(=O)N[C@@H](Cc2ccccc2)C(=O)O)NC(=O)[C@H](Cc2ccc(O)cc2)NC(=O)[C@H]1NC(=O)[C@H](CCCN=C(N)N)NC(=O)[C@@H](N)CC(=O)O. The second-order valence-electron chi connectivity index (χ2n) is 19.5. The van der Waals surface area contributed by atoms with Gasteiger partial charge in [-0.2, -0.15) is 0 Å². The average molecular weight is 1090 g/mol. The number of carboxylic acid groups (broad SMARTS) is 2. The van der Waals surface area contributed by atoms with E-state index in [4.69, 9.17) is 17.2 Å². The van der Waals surface area contributed by atoms with E-state index in [1.54, 1.807) is 58.0 Å². The van der Waals surface area contributed by atoms with Crippen LogP contribution in [0.1, 0.15) is 76.6 Å². The van der Waals surface area contributed by atoms with Crippen molar-refractivity contribution in [2.45, 2.75) is 137 Å². The van der Waals surface area contributed by atoms with Crippen molar-refractivity contribution in [1.29, 1.82) is 0 Å². The van der Waals surface area contributed by atoms with Crippen molar-refractivity contribution in [3.63, 3.8) is 0 Å². The van der Waals surface area contributed by atoms with Crippen LogP contribution in [0.2, 0.25) is 0 Å². The first-order valence-electron chi connectivity index (χ1n) is 24.4. The number of hydrogen-bond acceptors (Lipinski definition) is 15. The summed E-state index contributed by atoms with van der Waals surface area (Å²) in [5, 5.41) is 45.5. The van der Waals surface area contributed by atoms with Crippen LogP contribution >= 0.6 is 21.6 Å². The van der Waals surface area contributed by atoms with E-state index in [0.717, 1.165) is 21.6 Å². The van der Waals surface area contributed by atoms with E-state index in [1.165, 1.54) is 41.7 Å². The van der Waals surface area contributed by atoms with Gasteiger partial charge in [-0.25, -0.2) is 9.78 Å². The third-order valence-corrected chi connectivity index (χ3v) is 16.8. The van der Waals surface area contributed by atoms with Crippen LogP contribution in [0, 0.1) is 0 Å². The van der Waals surface area contributed by atoms with Crippen LogP contribution in [0.5, 0.6) is 5.75 Å². The molecule has 5 rings (SSSR count). The quantitative estimate of drug-likeness (QED) is 0.0247. The standard InChI is InChI=1S/C49H67N13O12S2/c1-48(2)37(60-40(67)31(12-8-18-54-47(51)52)56-39(66)30(50)23-36(64)65)43(70)57-32(20-27-14-16-29(63)17-15-27)41(68)61-38(49(3,4)76-75-48)44(71)58-33(22-28-24-53-25-55-28)45(72)62-19-9-13-35(62)42(69)59-34(46(73)74)21-26-10-6-5-7-11-26/h5-7,10-11,14-17,24-25,30-35,37-38,63H,8-9,12-13,18-23,50H2,1-4H3,(H,53,55)(H,56,66)(H,57,70)(H,58,71)(H,59,69)(H,60,67)(H,61,68)(H,64,65)(H,73,74)(H4,51,52,54)/t30-,31-,32-,33-,34-,35-,37+,38+/m0/s1. The number of phenols is 1. The van der Waals surface area contributed by atoms with Gasteiger partial charge in [0.25, 0.3) is 0 Å². The Hall–Kier alpha value is -7.39. The first-order valence-corrected chi connectivity index (χ1v) is 26.5. The van der Waals surface area contributed by atoms with Crippen LogP contribution < -0.4 is 49.1 Å². The van der Waals surface area contributed by atoms with Gasteiger partial charge >= 0.3 is 11.9 Å². The number of aromatic amines is 1. The van der Waals surface area contributed by atoms with Gasteiger partial charge in [0.05, 0.1) is 18.8 Å². The Bertz CT molecular complexity index is 2580. The van der Waals surface area contributed by atoms with Gasteiger partial charge < -0.3 is 74.3 Å². The number of nitrogens with two attached hydrogens (primary N) is 3. The number of guanidine groups is 1. The number of aliphatic imine (C=N–C) groups is 1. The van der Waals surface area contributed by atoms with E-state index in [0.29, 0.717) is 23.2 Å². The molecule has 412 valence electrons. The molecule has 1 aromatic heterocycles. The number of nitrogens with zero attached hydrogens (tertiary/aromatic N) is 3. The number of aromatic nitrogens is 2. The van der Waals surface area contributed by atoms with Crippen LogP contribution in [0.15, 0.2) is 72.1 Å². The molecule has 2 aliphatic rings. The molecule has 8 atom stereocenters. The topological polar surface area (TPSA) is 409 Å². The summed E-state index contributed by atoms with van der Waals surface area (Å²) in [7, 11) is 2.18. The van der Waals surface area contributed by atoms with Crippen molar-refractivity contribution in [2.24, 2.45) is 22.2 Å². The number of amides is 7. The maximum atomic E-state index is 15.0. The first kappa shape index (κ1) is 59.5. The van der Waals surface area contributed by atoms with E-state index >= 15 is 0 Å². The number of benzene rings is 2. The van der Waals surface area contributed by atoms with Crippen molar-refractivity contribution >= 4 is 80.8 Å². The molecule has 2 aromatic carbocycles. The molecule has 3 aromatic rings. The highest BCUT2D eigenvalue weighted by Gasteiger charge is 2.47. The van der Waals surface area contributed by atoms with Crippen molar-refractivity contribution in [3.8, 4) is 5.75 Å². The molecular weight excluding hydrogens is 1030 g/mol. The first-order chi connectivity index (χ1) is 35.8. The highest BCUT2D eigenvalue weighted by molar-refractivity contribution is 8.77. The molecule has 25 nitrogen and oxygen atoms in total. The number of aromatic hydroxyl groups is 1. The molecule has 0 bridgehead atoms. The smallest absolute Gasteiger partial charge is 0.326 e. The van der Waals surface area contributed by atoms with Crippen molar-refractivity contribution < 1.29 is 58.5 Å². The summed E-state index contributed by atoms with van der Waals surface area (Å²) in [5.74, 6) is -8.62. The Morgan fingerprint density at radius 1 is 0.829 bits per heavy atom. The summed E-state index contributed by atoms with van der Waals surface area (Å²) < 4.78 is -2.59. The summed E-state index contributed by atoms with van der Waals surface area (Å²) >= 11 is 0. The Morgan fingerprint density at radius 3 is 2.13 bits per heavy atom. The van der Waals surface area contributed by atoms with Crippen molar-refractivity contribution in [3.05, 3.63) is 83.9 Å². The number of phenolic OH excluding ortho intramolecular Hbond substituents is 1. The van der Waals surface area contributed by atoms with Crippen LogP contribution in [0.25, 0.3) is 0 Å². The predicted molar refractivity (Wildman–Crippen MR) is 282 cm³/mol. The summed E-state index contributed by atoms with van der Waals surface area (Å²) in [6, 6.07) is 3.50. The van der Waals surface area contributed by atoms with E-state index in [-0.39, 0.29) is 63.3 Å². The predicted octanol–water partition coefficient (Wildman–Crippen LogP) is -1.06. The lowest BCUT2D eigenvalue weighted by atomic mass is 9.97. The zero-order valence-corrected chi connectivity index (χ0v) is 44.1. The number of carbonyl (C=O) groups excluding carboxylic acids is 7. The molecule has 7 amide bonds. The zero-order valence-electron chi connectivity index (χ0n) is 42.4. The molecular formula is C49H67N13O12S2. The highest BCUT2D eigenvalue weighted by atomic mass is 33.1. The van der Waals surface area contributed by atoms with E-state index in [9.17, 15) is 58.5 Å². The number of nitrogens with one attached hydrogen (secondary N) is 7. The minimum atomic E-state index is -1.53. The minimum Gasteiger partial charge on any atom is -0.508 e. The molecule has 2 aliphatic heterocycles. The van der Waals surface area contributed by atoms with Gasteiger partial charge in [-0.3, -0.25) is 43.3 Å². The summed E-state index contributed by atoms with van der Waals surface area (Å²) in [4.78, 5) is 136. The van der Waals surface area contributed by atoms with Gasteiger partial charge in [0.2, 0.25) is 41.4 Å².